The highest BCUT2D eigenvalue weighted by molar-refractivity contribution is 7.93. The maximum Gasteiger partial charge on any atom is 0.265 e. The molecule has 10 heteroatoms. The number of nitrogens with one attached hydrogen (secondary N) is 2. The van der Waals surface area contributed by atoms with Crippen LogP contribution in [0.3, 0.4) is 0 Å². The molecule has 1 aliphatic rings. The number of hydrogen-bond acceptors (Lipinski definition) is 4. The monoisotopic (exact) mass is 529 g/mol. The van der Waals surface area contributed by atoms with Crippen molar-refractivity contribution in [1.82, 2.24) is 5.32 Å². The normalized spacial score (nSPS) is 15.3. The first-order valence-corrected chi connectivity index (χ1v) is 13.0. The number of benzene rings is 3. The van der Waals surface area contributed by atoms with Gasteiger partial charge in [0.15, 0.2) is 0 Å². The van der Waals surface area contributed by atoms with Gasteiger partial charge in [0, 0.05) is 11.6 Å². The Morgan fingerprint density at radius 2 is 1.78 bits per heavy atom. The number of carbonyl (C=O) groups is 2. The van der Waals surface area contributed by atoms with Gasteiger partial charge in [-0.3, -0.25) is 13.9 Å². The molecule has 1 unspecified atom stereocenters. The van der Waals surface area contributed by atoms with Gasteiger partial charge in [-0.1, -0.05) is 29.8 Å². The molecule has 0 spiro atoms. The fourth-order valence-electron chi connectivity index (χ4n) is 4.14. The van der Waals surface area contributed by atoms with E-state index in [9.17, 15) is 22.4 Å². The lowest BCUT2D eigenvalue weighted by molar-refractivity contribution is -0.125. The lowest BCUT2D eigenvalue weighted by Crippen LogP contribution is -2.52. The summed E-state index contributed by atoms with van der Waals surface area (Å²) in [5.41, 5.74) is 2.93. The van der Waals surface area contributed by atoms with Gasteiger partial charge in [0.25, 0.3) is 10.0 Å². The van der Waals surface area contributed by atoms with Crippen LogP contribution >= 0.6 is 11.6 Å². The van der Waals surface area contributed by atoms with Crippen molar-refractivity contribution in [2.45, 2.75) is 44.7 Å². The first-order chi connectivity index (χ1) is 17.0. The molecular formula is C26H25ClFN3O4S. The van der Waals surface area contributed by atoms with Crippen molar-refractivity contribution in [3.05, 3.63) is 87.7 Å². The Kier molecular flexibility index (Phi) is 7.06. The standard InChI is InChI=1S/C26H25ClFN3O4S/c1-15-8-9-19(28)12-18(15)14-29-25(32)13-23-26(33)30-21-6-4-5-7-22(21)31(23)36(34,35)24-11-16(2)20(27)10-17(24)3/h4-12,23H,13-14H2,1-3H3,(H,29,32)(H,30,33). The third kappa shape index (κ3) is 4.94. The minimum atomic E-state index is -4.27. The van der Waals surface area contributed by atoms with Crippen LogP contribution in [-0.4, -0.2) is 26.3 Å². The molecule has 0 radical (unpaired) electrons. The van der Waals surface area contributed by atoms with Crippen LogP contribution in [0.5, 0.6) is 0 Å². The Morgan fingerprint density at radius 3 is 2.53 bits per heavy atom. The molecule has 1 heterocycles. The lowest BCUT2D eigenvalue weighted by atomic mass is 10.1. The Labute approximate surface area is 214 Å². The van der Waals surface area contributed by atoms with Crippen LogP contribution in [0, 0.1) is 26.6 Å². The van der Waals surface area contributed by atoms with Crippen LogP contribution < -0.4 is 14.9 Å². The van der Waals surface area contributed by atoms with Gasteiger partial charge in [-0.15, -0.1) is 0 Å². The van der Waals surface area contributed by atoms with E-state index in [1.807, 2.05) is 0 Å². The van der Waals surface area contributed by atoms with Gasteiger partial charge in [-0.25, -0.2) is 12.8 Å². The Bertz CT molecular complexity index is 1480. The first kappa shape index (κ1) is 25.7. The highest BCUT2D eigenvalue weighted by Crippen LogP contribution is 2.38. The second kappa shape index (κ2) is 9.91. The third-order valence-electron chi connectivity index (χ3n) is 6.14. The fraction of sp³-hybridized carbons (Fsp3) is 0.231. The van der Waals surface area contributed by atoms with Crippen LogP contribution in [0.25, 0.3) is 0 Å². The van der Waals surface area contributed by atoms with E-state index >= 15 is 0 Å². The number of carbonyl (C=O) groups excluding carboxylic acids is 2. The van der Waals surface area contributed by atoms with Gasteiger partial charge in [0.2, 0.25) is 11.8 Å². The smallest absolute Gasteiger partial charge is 0.265 e. The van der Waals surface area contributed by atoms with Gasteiger partial charge in [0.1, 0.15) is 11.9 Å². The van der Waals surface area contributed by atoms with E-state index in [0.717, 1.165) is 9.87 Å². The summed E-state index contributed by atoms with van der Waals surface area (Å²) in [7, 11) is -4.27. The molecule has 1 aliphatic heterocycles. The van der Waals surface area contributed by atoms with E-state index in [1.54, 1.807) is 57.2 Å². The van der Waals surface area contributed by atoms with Crippen molar-refractivity contribution in [3.63, 3.8) is 0 Å². The van der Waals surface area contributed by atoms with Crippen molar-refractivity contribution in [2.24, 2.45) is 0 Å². The number of nitrogens with zero attached hydrogens (tertiary/aromatic N) is 1. The zero-order valence-corrected chi connectivity index (χ0v) is 21.5. The minimum Gasteiger partial charge on any atom is -0.352 e. The Morgan fingerprint density at radius 1 is 1.06 bits per heavy atom. The van der Waals surface area contributed by atoms with E-state index in [-0.39, 0.29) is 17.1 Å². The van der Waals surface area contributed by atoms with Crippen molar-refractivity contribution >= 4 is 44.8 Å². The summed E-state index contributed by atoms with van der Waals surface area (Å²) in [6.07, 6.45) is -0.431. The van der Waals surface area contributed by atoms with E-state index in [2.05, 4.69) is 10.6 Å². The predicted octanol–water partition coefficient (Wildman–Crippen LogP) is 4.63. The van der Waals surface area contributed by atoms with Crippen molar-refractivity contribution in [1.29, 1.82) is 0 Å². The molecule has 0 aromatic heterocycles. The molecular weight excluding hydrogens is 505 g/mol. The lowest BCUT2D eigenvalue weighted by Gasteiger charge is -2.37. The number of fused-ring (bicyclic) bond motifs is 1. The molecule has 0 bridgehead atoms. The number of amides is 2. The van der Waals surface area contributed by atoms with E-state index in [1.165, 1.54) is 18.2 Å². The summed E-state index contributed by atoms with van der Waals surface area (Å²) in [6.45, 7) is 5.14. The average molecular weight is 530 g/mol. The fourth-order valence-corrected chi connectivity index (χ4v) is 6.29. The number of anilines is 2. The molecule has 0 aliphatic carbocycles. The predicted molar refractivity (Wildman–Crippen MR) is 137 cm³/mol. The number of para-hydroxylation sites is 2. The average Bonchev–Trinajstić information content (AvgIpc) is 2.82. The maximum absolute atomic E-state index is 14.0. The van der Waals surface area contributed by atoms with E-state index in [0.29, 0.717) is 27.4 Å². The van der Waals surface area contributed by atoms with Crippen LogP contribution in [-0.2, 0) is 26.2 Å². The maximum atomic E-state index is 14.0. The van der Waals surface area contributed by atoms with Gasteiger partial charge in [-0.05, 0) is 79.4 Å². The molecule has 36 heavy (non-hydrogen) atoms. The largest absolute Gasteiger partial charge is 0.352 e. The van der Waals surface area contributed by atoms with Crippen LogP contribution in [0.15, 0.2) is 59.5 Å². The van der Waals surface area contributed by atoms with Crippen molar-refractivity contribution in [3.8, 4) is 0 Å². The number of hydrogen-bond donors (Lipinski definition) is 2. The summed E-state index contributed by atoms with van der Waals surface area (Å²) in [5, 5.41) is 5.80. The highest BCUT2D eigenvalue weighted by atomic mass is 35.5. The summed E-state index contributed by atoms with van der Waals surface area (Å²) >= 11 is 6.18. The molecule has 3 aromatic carbocycles. The summed E-state index contributed by atoms with van der Waals surface area (Å²) in [5.74, 6) is -1.61. The van der Waals surface area contributed by atoms with Gasteiger partial charge in [-0.2, -0.15) is 0 Å². The topological polar surface area (TPSA) is 95.6 Å². The molecule has 2 N–H and O–H groups in total. The molecule has 1 atom stereocenters. The number of halogens is 2. The van der Waals surface area contributed by atoms with Crippen LogP contribution in [0.1, 0.15) is 28.7 Å². The van der Waals surface area contributed by atoms with Crippen molar-refractivity contribution in [2.75, 3.05) is 9.62 Å². The summed E-state index contributed by atoms with van der Waals surface area (Å²) in [4.78, 5) is 26.0. The number of aryl methyl sites for hydroxylation is 3. The SMILES string of the molecule is Cc1cc(S(=O)(=O)N2c3ccccc3NC(=O)C2CC(=O)NCc2cc(F)ccc2C)c(C)cc1Cl. The molecule has 188 valence electrons. The van der Waals surface area contributed by atoms with E-state index < -0.39 is 40.1 Å². The number of rotatable bonds is 6. The Balaban J connectivity index is 1.69. The number of sulfonamides is 1. The molecule has 0 saturated carbocycles. The second-order valence-corrected chi connectivity index (χ2v) is 10.9. The van der Waals surface area contributed by atoms with Gasteiger partial charge < -0.3 is 10.6 Å². The molecule has 0 fully saturated rings. The first-order valence-electron chi connectivity index (χ1n) is 11.2. The molecule has 2 amide bonds. The molecule has 0 saturated heterocycles. The summed E-state index contributed by atoms with van der Waals surface area (Å²) in [6, 6.07) is 12.4. The molecule has 3 aromatic rings. The summed E-state index contributed by atoms with van der Waals surface area (Å²) < 4.78 is 42.5. The van der Waals surface area contributed by atoms with Gasteiger partial charge >= 0.3 is 0 Å². The van der Waals surface area contributed by atoms with E-state index in [4.69, 9.17) is 11.6 Å². The van der Waals surface area contributed by atoms with Gasteiger partial charge in [0.05, 0.1) is 22.7 Å². The zero-order chi connectivity index (χ0) is 26.2. The Hall–Kier alpha value is -3.43. The van der Waals surface area contributed by atoms with Crippen LogP contribution in [0.2, 0.25) is 5.02 Å². The highest BCUT2D eigenvalue weighted by Gasteiger charge is 2.42. The van der Waals surface area contributed by atoms with Crippen LogP contribution in [0.4, 0.5) is 15.8 Å². The second-order valence-electron chi connectivity index (χ2n) is 8.74. The minimum absolute atomic E-state index is 0.00491. The zero-order valence-electron chi connectivity index (χ0n) is 19.9. The quantitative estimate of drug-likeness (QED) is 0.487. The van der Waals surface area contributed by atoms with Crippen molar-refractivity contribution < 1.29 is 22.4 Å². The third-order valence-corrected chi connectivity index (χ3v) is 8.52. The molecule has 4 rings (SSSR count). The molecule has 7 nitrogen and oxygen atoms in total.